The summed E-state index contributed by atoms with van der Waals surface area (Å²) in [7, 11) is 0. The number of halogens is 2. The van der Waals surface area contributed by atoms with Crippen molar-refractivity contribution < 1.29 is 22.7 Å². The Hall–Kier alpha value is -2.94. The summed E-state index contributed by atoms with van der Waals surface area (Å²) in [4.78, 5) is 11.8. The Balaban J connectivity index is 1.48. The molecule has 1 amide bonds. The molecule has 0 spiro atoms. The van der Waals surface area contributed by atoms with Crippen molar-refractivity contribution in [1.29, 1.82) is 0 Å². The van der Waals surface area contributed by atoms with Crippen LogP contribution < -0.4 is 10.1 Å². The van der Waals surface area contributed by atoms with Crippen molar-refractivity contribution in [2.24, 2.45) is 0 Å². The number of hydrogen-bond acceptors (Lipinski definition) is 6. The minimum absolute atomic E-state index is 0.0376. The lowest BCUT2D eigenvalue weighted by Crippen LogP contribution is -2.14. The third-order valence-corrected chi connectivity index (χ3v) is 3.93. The van der Waals surface area contributed by atoms with Gasteiger partial charge in [-0.25, -0.2) is 8.78 Å². The molecule has 9 heteroatoms. The summed E-state index contributed by atoms with van der Waals surface area (Å²) >= 11 is 0.995. The van der Waals surface area contributed by atoms with Gasteiger partial charge in [-0.2, -0.15) is 0 Å². The first-order valence-corrected chi connectivity index (χ1v) is 8.47. The summed E-state index contributed by atoms with van der Waals surface area (Å²) in [5.41, 5.74) is 0.0996. The molecular formula is C17H13F2N3O3S. The number of nitrogens with one attached hydrogen (secondary N) is 1. The lowest BCUT2D eigenvalue weighted by molar-refractivity contribution is -0.113. The number of nitrogens with zero attached hydrogens (tertiary/aromatic N) is 2. The number of ether oxygens (including phenoxy) is 1. The van der Waals surface area contributed by atoms with Crippen molar-refractivity contribution in [3.05, 3.63) is 66.1 Å². The molecular weight excluding hydrogens is 364 g/mol. The zero-order valence-corrected chi connectivity index (χ0v) is 14.1. The van der Waals surface area contributed by atoms with Gasteiger partial charge in [0.2, 0.25) is 5.91 Å². The van der Waals surface area contributed by atoms with Crippen LogP contribution in [0.1, 0.15) is 5.89 Å². The van der Waals surface area contributed by atoms with E-state index >= 15 is 0 Å². The molecule has 0 unspecified atom stereocenters. The summed E-state index contributed by atoms with van der Waals surface area (Å²) in [6.07, 6.45) is 0. The monoisotopic (exact) mass is 377 g/mol. The highest BCUT2D eigenvalue weighted by Gasteiger charge is 2.12. The second kappa shape index (κ2) is 8.43. The average molecular weight is 377 g/mol. The number of aromatic nitrogens is 2. The SMILES string of the molecule is O=C(CSc1nnc(COc2ccccc2F)o1)Nc1ccccc1F. The molecule has 0 saturated carbocycles. The molecule has 1 heterocycles. The van der Waals surface area contributed by atoms with E-state index in [4.69, 9.17) is 9.15 Å². The molecule has 0 fully saturated rings. The van der Waals surface area contributed by atoms with E-state index in [1.807, 2.05) is 0 Å². The van der Waals surface area contributed by atoms with E-state index in [9.17, 15) is 13.6 Å². The second-order valence-corrected chi connectivity index (χ2v) is 5.92. The minimum atomic E-state index is -0.517. The summed E-state index contributed by atoms with van der Waals surface area (Å²) in [5.74, 6) is -1.25. The van der Waals surface area contributed by atoms with Crippen LogP contribution in [0.5, 0.6) is 5.75 Å². The zero-order valence-electron chi connectivity index (χ0n) is 13.3. The van der Waals surface area contributed by atoms with Crippen molar-refractivity contribution in [3.8, 4) is 5.75 Å². The normalized spacial score (nSPS) is 10.5. The van der Waals surface area contributed by atoms with Gasteiger partial charge in [-0.15, -0.1) is 10.2 Å². The maximum atomic E-state index is 13.5. The van der Waals surface area contributed by atoms with Crippen LogP contribution in [0.2, 0.25) is 0 Å². The highest BCUT2D eigenvalue weighted by Crippen LogP contribution is 2.20. The van der Waals surface area contributed by atoms with Crippen LogP contribution in [0.3, 0.4) is 0 Å². The Bertz CT molecular complexity index is 904. The Morgan fingerprint density at radius 3 is 2.58 bits per heavy atom. The molecule has 2 aromatic carbocycles. The predicted molar refractivity (Wildman–Crippen MR) is 90.8 cm³/mol. The van der Waals surface area contributed by atoms with E-state index < -0.39 is 17.5 Å². The zero-order chi connectivity index (χ0) is 18.4. The van der Waals surface area contributed by atoms with Gasteiger partial charge in [0.1, 0.15) is 5.82 Å². The maximum absolute atomic E-state index is 13.5. The van der Waals surface area contributed by atoms with Crippen LogP contribution in [0, 0.1) is 11.6 Å². The summed E-state index contributed by atoms with van der Waals surface area (Å²) in [6, 6.07) is 11.8. The van der Waals surface area contributed by atoms with Crippen molar-refractivity contribution >= 4 is 23.4 Å². The van der Waals surface area contributed by atoms with E-state index in [1.165, 1.54) is 30.3 Å². The van der Waals surface area contributed by atoms with Gasteiger partial charge < -0.3 is 14.5 Å². The molecule has 6 nitrogen and oxygen atoms in total. The maximum Gasteiger partial charge on any atom is 0.277 e. The van der Waals surface area contributed by atoms with Gasteiger partial charge in [0, 0.05) is 0 Å². The highest BCUT2D eigenvalue weighted by molar-refractivity contribution is 7.99. The molecule has 1 N–H and O–H groups in total. The van der Waals surface area contributed by atoms with Crippen molar-refractivity contribution in [2.75, 3.05) is 11.1 Å². The van der Waals surface area contributed by atoms with Gasteiger partial charge in [0.05, 0.1) is 11.4 Å². The topological polar surface area (TPSA) is 77.2 Å². The lowest BCUT2D eigenvalue weighted by atomic mass is 10.3. The molecule has 3 rings (SSSR count). The third-order valence-electron chi connectivity index (χ3n) is 3.11. The Morgan fingerprint density at radius 2 is 1.81 bits per heavy atom. The third kappa shape index (κ3) is 4.79. The molecule has 0 bridgehead atoms. The van der Waals surface area contributed by atoms with E-state index in [2.05, 4.69) is 15.5 Å². The van der Waals surface area contributed by atoms with Gasteiger partial charge >= 0.3 is 0 Å². The standard InChI is InChI=1S/C17H13F2N3O3S/c18-11-5-1-3-7-13(11)20-15(23)10-26-17-22-21-16(25-17)9-24-14-8-4-2-6-12(14)19/h1-8H,9-10H2,(H,20,23). The smallest absolute Gasteiger partial charge is 0.277 e. The molecule has 0 radical (unpaired) electrons. The van der Waals surface area contributed by atoms with E-state index in [0.29, 0.717) is 0 Å². The highest BCUT2D eigenvalue weighted by atomic mass is 32.2. The second-order valence-electron chi connectivity index (χ2n) is 5.00. The number of carbonyl (C=O) groups excluding carboxylic acids is 1. The lowest BCUT2D eigenvalue weighted by Gasteiger charge is -2.04. The van der Waals surface area contributed by atoms with Crippen LogP contribution in [-0.2, 0) is 11.4 Å². The van der Waals surface area contributed by atoms with Crippen LogP contribution in [-0.4, -0.2) is 21.9 Å². The average Bonchev–Trinajstić information content (AvgIpc) is 3.09. The number of carbonyl (C=O) groups is 1. The Labute approximate surface area is 151 Å². The molecule has 0 aliphatic carbocycles. The molecule has 0 aliphatic heterocycles. The first-order chi connectivity index (χ1) is 12.6. The Morgan fingerprint density at radius 1 is 1.08 bits per heavy atom. The fourth-order valence-corrected chi connectivity index (χ4v) is 2.51. The number of amides is 1. The van der Waals surface area contributed by atoms with Gasteiger partial charge in [-0.1, -0.05) is 36.0 Å². The summed E-state index contributed by atoms with van der Waals surface area (Å²) in [5, 5.41) is 10.1. The molecule has 0 atom stereocenters. The minimum Gasteiger partial charge on any atom is -0.481 e. The quantitative estimate of drug-likeness (QED) is 0.633. The van der Waals surface area contributed by atoms with Gasteiger partial charge in [-0.05, 0) is 24.3 Å². The predicted octanol–water partition coefficient (Wildman–Crippen LogP) is 3.66. The molecule has 0 aliphatic rings. The first-order valence-electron chi connectivity index (χ1n) is 7.48. The summed E-state index contributed by atoms with van der Waals surface area (Å²) < 4.78 is 37.5. The van der Waals surface area contributed by atoms with Gasteiger partial charge in [0.25, 0.3) is 11.1 Å². The number of rotatable bonds is 7. The number of anilines is 1. The molecule has 134 valence electrons. The van der Waals surface area contributed by atoms with Gasteiger partial charge in [0.15, 0.2) is 18.2 Å². The largest absolute Gasteiger partial charge is 0.481 e. The first kappa shape index (κ1) is 17.9. The van der Waals surface area contributed by atoms with Crippen LogP contribution >= 0.6 is 11.8 Å². The molecule has 3 aromatic rings. The van der Waals surface area contributed by atoms with Crippen LogP contribution in [0.4, 0.5) is 14.5 Å². The summed E-state index contributed by atoms with van der Waals surface area (Å²) in [6.45, 7) is -0.101. The van der Waals surface area contributed by atoms with Crippen molar-refractivity contribution in [3.63, 3.8) is 0 Å². The fourth-order valence-electron chi connectivity index (χ4n) is 1.93. The van der Waals surface area contributed by atoms with Crippen LogP contribution in [0.15, 0.2) is 58.2 Å². The van der Waals surface area contributed by atoms with Crippen molar-refractivity contribution in [1.82, 2.24) is 10.2 Å². The van der Waals surface area contributed by atoms with E-state index in [1.54, 1.807) is 18.2 Å². The number of thioether (sulfide) groups is 1. The molecule has 0 saturated heterocycles. The fraction of sp³-hybridized carbons (Fsp3) is 0.118. The number of hydrogen-bond donors (Lipinski definition) is 1. The molecule has 26 heavy (non-hydrogen) atoms. The van der Waals surface area contributed by atoms with E-state index in [-0.39, 0.29) is 34.9 Å². The van der Waals surface area contributed by atoms with E-state index in [0.717, 1.165) is 11.8 Å². The Kier molecular flexibility index (Phi) is 5.80. The molecule has 1 aromatic heterocycles. The van der Waals surface area contributed by atoms with Gasteiger partial charge in [-0.3, -0.25) is 4.79 Å². The number of para-hydroxylation sites is 2. The van der Waals surface area contributed by atoms with Crippen molar-refractivity contribution in [2.45, 2.75) is 11.8 Å². The number of benzene rings is 2. The van der Waals surface area contributed by atoms with Crippen LogP contribution in [0.25, 0.3) is 0 Å².